The molecule has 6 nitrogen and oxygen atoms in total. The van der Waals surface area contributed by atoms with E-state index >= 15 is 0 Å². The normalized spacial score (nSPS) is 15.4. The van der Waals surface area contributed by atoms with Crippen molar-refractivity contribution in [3.05, 3.63) is 84.9 Å². The van der Waals surface area contributed by atoms with Gasteiger partial charge in [0.05, 0.1) is 10.9 Å². The Morgan fingerprint density at radius 3 is 2.76 bits per heavy atom. The van der Waals surface area contributed by atoms with Crippen LogP contribution in [0.1, 0.15) is 28.3 Å². The lowest BCUT2D eigenvalue weighted by atomic mass is 9.84. The lowest BCUT2D eigenvalue weighted by Crippen LogP contribution is -2.21. The number of nitrogens with two attached hydrogens (primary N) is 1. The van der Waals surface area contributed by atoms with E-state index in [9.17, 15) is 5.26 Å². The third kappa shape index (κ3) is 3.78. The van der Waals surface area contributed by atoms with Gasteiger partial charge in [0.25, 0.3) is 0 Å². The van der Waals surface area contributed by atoms with Crippen molar-refractivity contribution in [2.24, 2.45) is 5.73 Å². The summed E-state index contributed by atoms with van der Waals surface area (Å²) in [6.45, 7) is 2.29. The maximum absolute atomic E-state index is 9.64. The first kappa shape index (κ1) is 19.6. The van der Waals surface area contributed by atoms with Crippen LogP contribution < -0.4 is 15.2 Å². The van der Waals surface area contributed by atoms with Crippen molar-refractivity contribution in [2.45, 2.75) is 19.4 Å². The number of aryl methyl sites for hydroxylation is 1. The van der Waals surface area contributed by atoms with E-state index in [-0.39, 0.29) is 5.88 Å². The zero-order chi connectivity index (χ0) is 20.5. The monoisotopic (exact) mass is 518 g/mol. The van der Waals surface area contributed by atoms with E-state index in [1.807, 2.05) is 37.3 Å². The quantitative estimate of drug-likeness (QED) is 0.485. The van der Waals surface area contributed by atoms with Crippen molar-refractivity contribution in [3.8, 4) is 17.7 Å². The average Bonchev–Trinajstić information content (AvgIpc) is 3.07. The third-order valence-corrected chi connectivity index (χ3v) is 5.74. The number of benzene rings is 2. The highest BCUT2D eigenvalue weighted by Gasteiger charge is 2.34. The smallest absolute Gasteiger partial charge is 0.244 e. The van der Waals surface area contributed by atoms with E-state index in [0.717, 1.165) is 22.4 Å². The molecule has 3 aromatic rings. The summed E-state index contributed by atoms with van der Waals surface area (Å²) in [6, 6.07) is 15.7. The van der Waals surface area contributed by atoms with Crippen LogP contribution in [-0.4, -0.2) is 10.2 Å². The Bertz CT molecular complexity index is 1150. The van der Waals surface area contributed by atoms with Crippen LogP contribution in [-0.2, 0) is 6.61 Å². The van der Waals surface area contributed by atoms with Gasteiger partial charge in [0, 0.05) is 14.8 Å². The minimum Gasteiger partial charge on any atom is -0.487 e. The summed E-state index contributed by atoms with van der Waals surface area (Å²) < 4.78 is 12.5. The Morgan fingerprint density at radius 1 is 1.31 bits per heavy atom. The van der Waals surface area contributed by atoms with Gasteiger partial charge < -0.3 is 15.2 Å². The van der Waals surface area contributed by atoms with Gasteiger partial charge in [0.2, 0.25) is 11.8 Å². The minimum absolute atomic E-state index is 0.0478. The van der Waals surface area contributed by atoms with Gasteiger partial charge in [0.1, 0.15) is 24.0 Å². The van der Waals surface area contributed by atoms with Crippen molar-refractivity contribution < 1.29 is 9.47 Å². The summed E-state index contributed by atoms with van der Waals surface area (Å²) in [5.74, 6) is 0.580. The standard InChI is InChI=1S/C21H16ClIN4O2/c1-11-18-19(15(9-24)20(25)29-21(18)27-26-11)13-4-7-17(16(22)8-13)28-10-12-2-5-14(23)6-3-12/h2-8,19H,10,25H2,1H3,(H,26,27)/t19-/m1/s1. The third-order valence-electron chi connectivity index (χ3n) is 4.73. The molecule has 4 rings (SSSR count). The van der Waals surface area contributed by atoms with Gasteiger partial charge >= 0.3 is 0 Å². The zero-order valence-corrected chi connectivity index (χ0v) is 18.3. The van der Waals surface area contributed by atoms with Crippen LogP contribution in [0.2, 0.25) is 5.02 Å². The second-order valence-electron chi connectivity index (χ2n) is 6.60. The molecule has 3 N–H and O–H groups in total. The average molecular weight is 519 g/mol. The first-order valence-corrected chi connectivity index (χ1v) is 10.2. The van der Waals surface area contributed by atoms with Crippen LogP contribution in [0.3, 0.4) is 0 Å². The number of nitriles is 1. The summed E-state index contributed by atoms with van der Waals surface area (Å²) in [4.78, 5) is 0. The van der Waals surface area contributed by atoms with Gasteiger partial charge in [-0.1, -0.05) is 29.8 Å². The SMILES string of the molecule is Cc1[nH]nc2c1[C@H](c1ccc(OCc3ccc(I)cc3)c(Cl)c1)C(C#N)=C(N)O2. The molecule has 0 fully saturated rings. The molecule has 0 saturated carbocycles. The number of allylic oxidation sites excluding steroid dienone is 1. The molecule has 8 heteroatoms. The number of hydrogen-bond acceptors (Lipinski definition) is 5. The Balaban J connectivity index is 1.64. The van der Waals surface area contributed by atoms with Gasteiger partial charge in [-0.15, -0.1) is 5.10 Å². The Morgan fingerprint density at radius 2 is 2.07 bits per heavy atom. The molecule has 0 radical (unpaired) electrons. The number of nitrogens with one attached hydrogen (secondary N) is 1. The summed E-state index contributed by atoms with van der Waals surface area (Å²) in [6.07, 6.45) is 0. The summed E-state index contributed by atoms with van der Waals surface area (Å²) in [5, 5.41) is 17.1. The molecule has 0 spiro atoms. The lowest BCUT2D eigenvalue weighted by molar-refractivity contribution is 0.306. The number of hydrogen-bond donors (Lipinski definition) is 2. The van der Waals surface area contributed by atoms with Crippen LogP contribution in [0.4, 0.5) is 0 Å². The fraction of sp³-hybridized carbons (Fsp3) is 0.143. The van der Waals surface area contributed by atoms with E-state index in [0.29, 0.717) is 28.8 Å². The first-order valence-electron chi connectivity index (χ1n) is 8.77. The topological polar surface area (TPSA) is 97.0 Å². The molecule has 29 heavy (non-hydrogen) atoms. The van der Waals surface area contributed by atoms with E-state index in [1.54, 1.807) is 12.1 Å². The van der Waals surface area contributed by atoms with E-state index in [4.69, 9.17) is 26.8 Å². The zero-order valence-electron chi connectivity index (χ0n) is 15.4. The summed E-state index contributed by atoms with van der Waals surface area (Å²) in [7, 11) is 0. The molecule has 0 aliphatic carbocycles. The van der Waals surface area contributed by atoms with Gasteiger partial charge in [0.15, 0.2) is 0 Å². The van der Waals surface area contributed by atoms with Crippen molar-refractivity contribution in [2.75, 3.05) is 0 Å². The Kier molecular flexibility index (Phi) is 5.39. The highest BCUT2D eigenvalue weighted by Crippen LogP contribution is 2.43. The molecule has 0 amide bonds. The summed E-state index contributed by atoms with van der Waals surface area (Å²) in [5.41, 5.74) is 9.72. The maximum atomic E-state index is 9.64. The molecule has 0 unspecified atom stereocenters. The number of aromatic amines is 1. The van der Waals surface area contributed by atoms with Crippen molar-refractivity contribution >= 4 is 34.2 Å². The number of nitrogens with zero attached hydrogens (tertiary/aromatic N) is 2. The van der Waals surface area contributed by atoms with Gasteiger partial charge in [-0.25, -0.2) is 0 Å². The van der Waals surface area contributed by atoms with Crippen LogP contribution >= 0.6 is 34.2 Å². The van der Waals surface area contributed by atoms with Gasteiger partial charge in [-0.3, -0.25) is 5.10 Å². The van der Waals surface area contributed by atoms with Crippen molar-refractivity contribution in [1.29, 1.82) is 5.26 Å². The predicted molar refractivity (Wildman–Crippen MR) is 118 cm³/mol. The second kappa shape index (κ2) is 7.97. The number of fused-ring (bicyclic) bond motifs is 1. The largest absolute Gasteiger partial charge is 0.487 e. The number of rotatable bonds is 4. The molecule has 0 saturated heterocycles. The van der Waals surface area contributed by atoms with Crippen LogP contribution in [0.5, 0.6) is 11.6 Å². The molecule has 2 heterocycles. The fourth-order valence-electron chi connectivity index (χ4n) is 3.29. The molecule has 0 bridgehead atoms. The molecule has 2 aromatic carbocycles. The maximum Gasteiger partial charge on any atom is 0.244 e. The molecule has 1 aromatic heterocycles. The van der Waals surface area contributed by atoms with E-state index < -0.39 is 5.92 Å². The number of H-pyrrole nitrogens is 1. The molecule has 1 aliphatic rings. The Labute approximate surface area is 186 Å². The van der Waals surface area contributed by atoms with Crippen molar-refractivity contribution in [3.63, 3.8) is 0 Å². The molecule has 146 valence electrons. The first-order chi connectivity index (χ1) is 14.0. The lowest BCUT2D eigenvalue weighted by Gasteiger charge is -2.24. The second-order valence-corrected chi connectivity index (χ2v) is 8.25. The van der Waals surface area contributed by atoms with Gasteiger partial charge in [-0.05, 0) is 64.9 Å². The number of aromatic nitrogens is 2. The summed E-state index contributed by atoms with van der Waals surface area (Å²) >= 11 is 8.76. The number of halogens is 2. The fourth-order valence-corrected chi connectivity index (χ4v) is 3.89. The molecular weight excluding hydrogens is 503 g/mol. The Hall–Kier alpha value is -2.70. The van der Waals surface area contributed by atoms with Gasteiger partial charge in [-0.2, -0.15) is 5.26 Å². The molecule has 1 atom stereocenters. The highest BCUT2D eigenvalue weighted by molar-refractivity contribution is 14.1. The van der Waals surface area contributed by atoms with Crippen molar-refractivity contribution in [1.82, 2.24) is 10.2 Å². The minimum atomic E-state index is -0.412. The number of ether oxygens (including phenoxy) is 2. The molecular formula is C21H16ClIN4O2. The van der Waals surface area contributed by atoms with E-state index in [2.05, 4.69) is 38.9 Å². The van der Waals surface area contributed by atoms with Crippen LogP contribution in [0.25, 0.3) is 0 Å². The predicted octanol–water partition coefficient (Wildman–Crippen LogP) is 4.77. The highest BCUT2D eigenvalue weighted by atomic mass is 127. The van der Waals surface area contributed by atoms with E-state index in [1.165, 1.54) is 3.57 Å². The van der Waals surface area contributed by atoms with Crippen LogP contribution in [0, 0.1) is 21.8 Å². The molecule has 1 aliphatic heterocycles. The van der Waals surface area contributed by atoms with Crippen LogP contribution in [0.15, 0.2) is 53.9 Å².